The molecule has 11 heavy (non-hydrogen) atoms. The fraction of sp³-hybridized carbons (Fsp3) is 0.714. The van der Waals surface area contributed by atoms with Crippen LogP contribution in [0.25, 0.3) is 0 Å². The van der Waals surface area contributed by atoms with Crippen molar-refractivity contribution in [1.82, 2.24) is 4.31 Å². The van der Waals surface area contributed by atoms with Crippen molar-refractivity contribution in [2.24, 2.45) is 5.41 Å². The van der Waals surface area contributed by atoms with Crippen LogP contribution in [0.2, 0.25) is 0 Å². The van der Waals surface area contributed by atoms with Gasteiger partial charge in [0.25, 0.3) is 0 Å². The van der Waals surface area contributed by atoms with Gasteiger partial charge in [0.1, 0.15) is 0 Å². The molecule has 1 aliphatic rings. The third-order valence-corrected chi connectivity index (χ3v) is 3.18. The Morgan fingerprint density at radius 1 is 1.45 bits per heavy atom. The molecule has 0 bridgehead atoms. The zero-order valence-corrected chi connectivity index (χ0v) is 7.69. The minimum atomic E-state index is -3.14. The SMILES string of the molecule is C=CS(=O)(=O)N1CC(C)(C)C1. The fourth-order valence-electron chi connectivity index (χ4n) is 1.19. The van der Waals surface area contributed by atoms with Crippen molar-refractivity contribution in [3.63, 3.8) is 0 Å². The van der Waals surface area contributed by atoms with E-state index >= 15 is 0 Å². The van der Waals surface area contributed by atoms with E-state index in [9.17, 15) is 8.42 Å². The zero-order chi connectivity index (χ0) is 8.70. The van der Waals surface area contributed by atoms with Gasteiger partial charge in [0, 0.05) is 18.5 Å². The highest BCUT2D eigenvalue weighted by molar-refractivity contribution is 7.92. The van der Waals surface area contributed by atoms with Crippen LogP contribution in [0, 0.1) is 5.41 Å². The molecule has 1 saturated heterocycles. The summed E-state index contributed by atoms with van der Waals surface area (Å²) in [5.74, 6) is 0. The lowest BCUT2D eigenvalue weighted by atomic mass is 9.87. The fourth-order valence-corrected chi connectivity index (χ4v) is 2.46. The first-order chi connectivity index (χ1) is 4.87. The van der Waals surface area contributed by atoms with Crippen molar-refractivity contribution in [3.05, 3.63) is 12.0 Å². The van der Waals surface area contributed by atoms with E-state index in [2.05, 4.69) is 6.58 Å². The normalized spacial score (nSPS) is 24.2. The highest BCUT2D eigenvalue weighted by Gasteiger charge is 2.39. The summed E-state index contributed by atoms with van der Waals surface area (Å²) in [5.41, 5.74) is 0.149. The average molecular weight is 175 g/mol. The van der Waals surface area contributed by atoms with E-state index in [4.69, 9.17) is 0 Å². The molecule has 0 saturated carbocycles. The molecule has 1 rings (SSSR count). The van der Waals surface area contributed by atoms with Crippen LogP contribution in [0.4, 0.5) is 0 Å². The highest BCUT2D eigenvalue weighted by atomic mass is 32.2. The third kappa shape index (κ3) is 1.62. The molecule has 0 spiro atoms. The Hall–Kier alpha value is -0.350. The first kappa shape index (κ1) is 8.74. The molecule has 3 nitrogen and oxygen atoms in total. The van der Waals surface area contributed by atoms with Crippen LogP contribution in [-0.2, 0) is 10.0 Å². The van der Waals surface area contributed by atoms with E-state index in [1.165, 1.54) is 4.31 Å². The molecule has 1 aliphatic heterocycles. The van der Waals surface area contributed by atoms with Crippen molar-refractivity contribution in [1.29, 1.82) is 0 Å². The summed E-state index contributed by atoms with van der Waals surface area (Å²) in [4.78, 5) is 0. The Kier molecular flexibility index (Phi) is 1.84. The second-order valence-corrected chi connectivity index (χ2v) is 5.52. The number of sulfonamides is 1. The van der Waals surface area contributed by atoms with Gasteiger partial charge in [-0.15, -0.1) is 0 Å². The predicted octanol–water partition coefficient (Wildman–Crippen LogP) is 0.801. The van der Waals surface area contributed by atoms with E-state index < -0.39 is 10.0 Å². The molecule has 0 amide bonds. The van der Waals surface area contributed by atoms with Gasteiger partial charge in [-0.1, -0.05) is 20.4 Å². The number of nitrogens with zero attached hydrogens (tertiary/aromatic N) is 1. The van der Waals surface area contributed by atoms with Crippen LogP contribution in [0.1, 0.15) is 13.8 Å². The summed E-state index contributed by atoms with van der Waals surface area (Å²) in [6.07, 6.45) is 0. The van der Waals surface area contributed by atoms with Gasteiger partial charge in [0.15, 0.2) is 0 Å². The van der Waals surface area contributed by atoms with Gasteiger partial charge < -0.3 is 0 Å². The van der Waals surface area contributed by atoms with E-state index in [-0.39, 0.29) is 5.41 Å². The molecule has 64 valence electrons. The van der Waals surface area contributed by atoms with Crippen molar-refractivity contribution < 1.29 is 8.42 Å². The van der Waals surface area contributed by atoms with Gasteiger partial charge in [-0.2, -0.15) is 4.31 Å². The Labute approximate surface area is 67.8 Å². The summed E-state index contributed by atoms with van der Waals surface area (Å²) in [7, 11) is -3.14. The first-order valence-corrected chi connectivity index (χ1v) is 5.00. The van der Waals surface area contributed by atoms with E-state index in [0.29, 0.717) is 13.1 Å². The van der Waals surface area contributed by atoms with Gasteiger partial charge in [-0.25, -0.2) is 8.42 Å². The highest BCUT2D eigenvalue weighted by Crippen LogP contribution is 2.31. The zero-order valence-electron chi connectivity index (χ0n) is 6.87. The molecule has 1 heterocycles. The second-order valence-electron chi connectivity index (χ2n) is 3.64. The molecule has 4 heteroatoms. The van der Waals surface area contributed by atoms with Crippen LogP contribution in [0.3, 0.4) is 0 Å². The van der Waals surface area contributed by atoms with Gasteiger partial charge in [0.05, 0.1) is 0 Å². The van der Waals surface area contributed by atoms with E-state index in [0.717, 1.165) is 5.41 Å². The van der Waals surface area contributed by atoms with Crippen LogP contribution in [0.15, 0.2) is 12.0 Å². The Bertz CT molecular complexity index is 258. The van der Waals surface area contributed by atoms with Crippen molar-refractivity contribution in [2.75, 3.05) is 13.1 Å². The maximum Gasteiger partial charge on any atom is 0.235 e. The Balaban J connectivity index is 2.65. The summed E-state index contributed by atoms with van der Waals surface area (Å²) in [6.45, 7) is 8.57. The molecule has 0 aromatic rings. The van der Waals surface area contributed by atoms with Crippen LogP contribution in [0.5, 0.6) is 0 Å². The number of rotatable bonds is 2. The summed E-state index contributed by atoms with van der Waals surface area (Å²) in [5, 5.41) is 1.00. The molecule has 0 atom stereocenters. The van der Waals surface area contributed by atoms with Crippen LogP contribution < -0.4 is 0 Å². The minimum absolute atomic E-state index is 0.149. The molecule has 1 fully saturated rings. The van der Waals surface area contributed by atoms with Crippen LogP contribution >= 0.6 is 0 Å². The van der Waals surface area contributed by atoms with Gasteiger partial charge >= 0.3 is 0 Å². The molecule has 0 aliphatic carbocycles. The first-order valence-electron chi connectivity index (χ1n) is 3.50. The van der Waals surface area contributed by atoms with Crippen molar-refractivity contribution in [2.45, 2.75) is 13.8 Å². The number of hydrogen-bond donors (Lipinski definition) is 0. The lowest BCUT2D eigenvalue weighted by molar-refractivity contribution is 0.113. The van der Waals surface area contributed by atoms with Gasteiger partial charge in [0.2, 0.25) is 10.0 Å². The molecule has 0 aromatic heterocycles. The molecular formula is C7H13NO2S. The predicted molar refractivity (Wildman–Crippen MR) is 44.5 cm³/mol. The number of hydrogen-bond acceptors (Lipinski definition) is 2. The second kappa shape index (κ2) is 2.32. The molecule has 0 unspecified atom stereocenters. The largest absolute Gasteiger partial charge is 0.235 e. The van der Waals surface area contributed by atoms with Crippen molar-refractivity contribution in [3.8, 4) is 0 Å². The molecule has 0 radical (unpaired) electrons. The van der Waals surface area contributed by atoms with Gasteiger partial charge in [-0.05, 0) is 5.41 Å². The van der Waals surface area contributed by atoms with Gasteiger partial charge in [-0.3, -0.25) is 0 Å². The minimum Gasteiger partial charge on any atom is -0.208 e. The van der Waals surface area contributed by atoms with E-state index in [1.54, 1.807) is 0 Å². The topological polar surface area (TPSA) is 37.4 Å². The smallest absolute Gasteiger partial charge is 0.208 e. The Morgan fingerprint density at radius 2 is 1.91 bits per heavy atom. The van der Waals surface area contributed by atoms with E-state index in [1.807, 2.05) is 13.8 Å². The summed E-state index contributed by atoms with van der Waals surface area (Å²) in [6, 6.07) is 0. The monoisotopic (exact) mass is 175 g/mol. The Morgan fingerprint density at radius 3 is 2.18 bits per heavy atom. The molecular weight excluding hydrogens is 162 g/mol. The lowest BCUT2D eigenvalue weighted by Crippen LogP contribution is -2.54. The summed E-state index contributed by atoms with van der Waals surface area (Å²) >= 11 is 0. The average Bonchev–Trinajstić information content (AvgIpc) is 1.83. The summed E-state index contributed by atoms with van der Waals surface area (Å²) < 4.78 is 23.6. The third-order valence-electron chi connectivity index (χ3n) is 1.78. The maximum atomic E-state index is 11.1. The molecule has 0 N–H and O–H groups in total. The standard InChI is InChI=1S/C7H13NO2S/c1-4-11(9,10)8-5-7(2,3)6-8/h4H,1,5-6H2,2-3H3. The molecule has 0 aromatic carbocycles. The maximum absolute atomic E-state index is 11.1. The lowest BCUT2D eigenvalue weighted by Gasteiger charge is -2.43. The van der Waals surface area contributed by atoms with Crippen molar-refractivity contribution >= 4 is 10.0 Å². The van der Waals surface area contributed by atoms with Crippen LogP contribution in [-0.4, -0.2) is 25.8 Å². The quantitative estimate of drug-likeness (QED) is 0.622.